The Hall–Kier alpha value is -2.44. The normalized spacial score (nSPS) is 15.9. The summed E-state index contributed by atoms with van der Waals surface area (Å²) in [7, 11) is 0. The maximum Gasteiger partial charge on any atom is 0.251 e. The Kier molecular flexibility index (Phi) is 9.09. The molecule has 0 atom stereocenters. The Labute approximate surface area is 206 Å². The van der Waals surface area contributed by atoms with Crippen LogP contribution in [0.25, 0.3) is 11.1 Å². The van der Waals surface area contributed by atoms with Gasteiger partial charge in [-0.2, -0.15) is 0 Å². The van der Waals surface area contributed by atoms with Crippen LogP contribution in [-0.2, 0) is 4.79 Å². The molecule has 182 valence electrons. The molecule has 1 fully saturated rings. The van der Waals surface area contributed by atoms with Crippen LogP contribution in [0.2, 0.25) is 0 Å². The summed E-state index contributed by atoms with van der Waals surface area (Å²) in [5.41, 5.74) is 4.62. The molecule has 0 unspecified atom stereocenters. The number of carbonyl (C=O) groups excluding carboxylic acids is 1. The monoisotopic (exact) mass is 484 g/mol. The number of amides is 1. The van der Waals surface area contributed by atoms with Gasteiger partial charge in [-0.15, -0.1) is 11.8 Å². The third kappa shape index (κ3) is 7.81. The predicted molar refractivity (Wildman–Crippen MR) is 140 cm³/mol. The van der Waals surface area contributed by atoms with Crippen molar-refractivity contribution in [2.45, 2.75) is 46.0 Å². The summed E-state index contributed by atoms with van der Waals surface area (Å²) < 4.78 is 26.2. The van der Waals surface area contributed by atoms with Gasteiger partial charge in [0.05, 0.1) is 0 Å². The number of halogens is 2. The number of anilines is 1. The SMILES string of the molecule is C=C(S/C=C(\C)C(=O)Nc1ccccc1-c1ccc(C)cc1)C1CCN(CCC(C)(F)F)CC1. The second-order valence-electron chi connectivity index (χ2n) is 9.19. The second-order valence-corrected chi connectivity index (χ2v) is 10.2. The topological polar surface area (TPSA) is 32.3 Å². The van der Waals surface area contributed by atoms with E-state index >= 15 is 0 Å². The molecule has 3 rings (SSSR count). The van der Waals surface area contributed by atoms with Crippen LogP contribution in [0.1, 0.15) is 38.7 Å². The molecule has 1 aliphatic heterocycles. The average molecular weight is 485 g/mol. The zero-order valence-electron chi connectivity index (χ0n) is 20.2. The van der Waals surface area contributed by atoms with E-state index in [2.05, 4.69) is 41.1 Å². The van der Waals surface area contributed by atoms with E-state index in [9.17, 15) is 13.6 Å². The maximum atomic E-state index is 13.1. The van der Waals surface area contributed by atoms with Crippen LogP contribution in [0.15, 0.2) is 71.0 Å². The van der Waals surface area contributed by atoms with E-state index in [0.717, 1.165) is 54.6 Å². The third-order valence-corrected chi connectivity index (χ3v) is 7.30. The molecular formula is C28H34F2N2OS. The highest BCUT2D eigenvalue weighted by atomic mass is 32.2. The van der Waals surface area contributed by atoms with E-state index in [4.69, 9.17) is 0 Å². The summed E-state index contributed by atoms with van der Waals surface area (Å²) in [5, 5.41) is 4.90. The van der Waals surface area contributed by atoms with Gasteiger partial charge in [0.1, 0.15) is 0 Å². The van der Waals surface area contributed by atoms with E-state index in [1.54, 1.807) is 6.92 Å². The molecule has 1 aliphatic rings. The Morgan fingerprint density at radius 1 is 1.18 bits per heavy atom. The predicted octanol–water partition coefficient (Wildman–Crippen LogP) is 7.51. The number of rotatable bonds is 9. The van der Waals surface area contributed by atoms with Crippen LogP contribution in [0.5, 0.6) is 0 Å². The Morgan fingerprint density at radius 2 is 1.82 bits per heavy atom. The van der Waals surface area contributed by atoms with Crippen LogP contribution in [0.4, 0.5) is 14.5 Å². The van der Waals surface area contributed by atoms with Crippen LogP contribution in [0, 0.1) is 12.8 Å². The number of likely N-dealkylation sites (tertiary alicyclic amines) is 1. The van der Waals surface area contributed by atoms with Gasteiger partial charge in [0.15, 0.2) is 0 Å². The molecule has 0 aromatic heterocycles. The molecule has 6 heteroatoms. The van der Waals surface area contributed by atoms with Crippen molar-refractivity contribution in [3.63, 3.8) is 0 Å². The molecule has 0 radical (unpaired) electrons. The van der Waals surface area contributed by atoms with E-state index < -0.39 is 5.92 Å². The largest absolute Gasteiger partial charge is 0.322 e. The molecule has 0 aliphatic carbocycles. The second kappa shape index (κ2) is 11.8. The number of thioether (sulfide) groups is 1. The third-order valence-electron chi connectivity index (χ3n) is 6.19. The lowest BCUT2D eigenvalue weighted by Gasteiger charge is -2.33. The van der Waals surface area contributed by atoms with Crippen molar-refractivity contribution in [1.82, 2.24) is 4.90 Å². The summed E-state index contributed by atoms with van der Waals surface area (Å²) in [6, 6.07) is 16.0. The molecule has 1 heterocycles. The van der Waals surface area contributed by atoms with Crippen LogP contribution in [-0.4, -0.2) is 36.4 Å². The minimum atomic E-state index is -2.61. The van der Waals surface area contributed by atoms with Gasteiger partial charge in [-0.3, -0.25) is 4.79 Å². The zero-order chi connectivity index (χ0) is 24.7. The van der Waals surface area contributed by atoms with Gasteiger partial charge in [-0.05, 0) is 74.6 Å². The summed E-state index contributed by atoms with van der Waals surface area (Å²) in [6.45, 7) is 11.1. The van der Waals surface area contributed by atoms with Gasteiger partial charge < -0.3 is 10.2 Å². The van der Waals surface area contributed by atoms with Crippen molar-refractivity contribution in [2.75, 3.05) is 25.0 Å². The minimum Gasteiger partial charge on any atom is -0.322 e. The van der Waals surface area contributed by atoms with E-state index in [1.165, 1.54) is 17.3 Å². The van der Waals surface area contributed by atoms with Crippen LogP contribution in [0.3, 0.4) is 0 Å². The van der Waals surface area contributed by atoms with E-state index in [1.807, 2.05) is 36.6 Å². The van der Waals surface area contributed by atoms with E-state index in [0.29, 0.717) is 18.0 Å². The fraction of sp³-hybridized carbons (Fsp3) is 0.393. The van der Waals surface area contributed by atoms with Crippen molar-refractivity contribution >= 4 is 23.4 Å². The number of para-hydroxylation sites is 1. The highest BCUT2D eigenvalue weighted by Gasteiger charge is 2.25. The minimum absolute atomic E-state index is 0.0998. The number of aryl methyl sites for hydroxylation is 1. The molecule has 1 amide bonds. The van der Waals surface area contributed by atoms with Crippen LogP contribution >= 0.6 is 11.8 Å². The van der Waals surface area contributed by atoms with Gasteiger partial charge in [0.2, 0.25) is 5.92 Å². The number of hydrogen-bond acceptors (Lipinski definition) is 3. The average Bonchev–Trinajstić information content (AvgIpc) is 2.82. The molecule has 1 N–H and O–H groups in total. The number of nitrogens with zero attached hydrogens (tertiary/aromatic N) is 1. The summed E-state index contributed by atoms with van der Waals surface area (Å²) in [4.78, 5) is 16.0. The first-order chi connectivity index (χ1) is 16.1. The maximum absolute atomic E-state index is 13.1. The lowest BCUT2D eigenvalue weighted by molar-refractivity contribution is -0.112. The molecule has 2 aromatic rings. The zero-order valence-corrected chi connectivity index (χ0v) is 21.1. The number of nitrogens with one attached hydrogen (secondary N) is 1. The quantitative estimate of drug-likeness (QED) is 0.374. The fourth-order valence-corrected chi connectivity index (χ4v) is 4.81. The first-order valence-corrected chi connectivity index (χ1v) is 12.6. The van der Waals surface area contributed by atoms with Crippen molar-refractivity contribution in [1.29, 1.82) is 0 Å². The van der Waals surface area contributed by atoms with Gasteiger partial charge in [-0.25, -0.2) is 8.78 Å². The van der Waals surface area contributed by atoms with Gasteiger partial charge >= 0.3 is 0 Å². The van der Waals surface area contributed by atoms with Crippen molar-refractivity contribution < 1.29 is 13.6 Å². The lowest BCUT2D eigenvalue weighted by atomic mass is 9.96. The van der Waals surface area contributed by atoms with Crippen molar-refractivity contribution in [3.05, 3.63) is 76.6 Å². The number of carbonyl (C=O) groups is 1. The first-order valence-electron chi connectivity index (χ1n) is 11.7. The molecule has 0 bridgehead atoms. The molecular weight excluding hydrogens is 450 g/mol. The van der Waals surface area contributed by atoms with Gasteiger partial charge in [-0.1, -0.05) is 54.6 Å². The lowest BCUT2D eigenvalue weighted by Crippen LogP contribution is -2.36. The molecule has 0 saturated carbocycles. The highest BCUT2D eigenvalue weighted by molar-refractivity contribution is 8.05. The summed E-state index contributed by atoms with van der Waals surface area (Å²) in [5.74, 6) is -2.42. The standard InChI is InChI=1S/C28H34F2N2OS/c1-20-9-11-24(12-10-20)25-7-5-6-8-26(25)31-27(33)21(2)19-34-22(3)23-13-16-32(17-14-23)18-15-28(4,29)30/h5-12,19,23H,3,13-18H2,1-2,4H3,(H,31,33)/b21-19+. The van der Waals surface area contributed by atoms with Gasteiger partial charge in [0.25, 0.3) is 5.91 Å². The fourth-order valence-electron chi connectivity index (χ4n) is 3.94. The molecule has 2 aromatic carbocycles. The highest BCUT2D eigenvalue weighted by Crippen LogP contribution is 2.33. The number of benzene rings is 2. The van der Waals surface area contributed by atoms with Crippen LogP contribution < -0.4 is 5.32 Å². The molecule has 3 nitrogen and oxygen atoms in total. The first kappa shape index (κ1) is 26.2. The van der Waals surface area contributed by atoms with Gasteiger partial charge in [0, 0.05) is 29.8 Å². The Balaban J connectivity index is 1.53. The Morgan fingerprint density at radius 3 is 2.47 bits per heavy atom. The summed E-state index contributed by atoms with van der Waals surface area (Å²) >= 11 is 1.50. The van der Waals surface area contributed by atoms with E-state index in [-0.39, 0.29) is 12.3 Å². The molecule has 1 saturated heterocycles. The Bertz CT molecular complexity index is 1020. The number of allylic oxidation sites excluding steroid dienone is 1. The smallest absolute Gasteiger partial charge is 0.251 e. The molecule has 34 heavy (non-hydrogen) atoms. The number of alkyl halides is 2. The number of hydrogen-bond donors (Lipinski definition) is 1. The van der Waals surface area contributed by atoms with Crippen molar-refractivity contribution in [2.24, 2.45) is 5.92 Å². The van der Waals surface area contributed by atoms with Crippen molar-refractivity contribution in [3.8, 4) is 11.1 Å². The molecule has 0 spiro atoms. The summed E-state index contributed by atoms with van der Waals surface area (Å²) in [6.07, 6.45) is 1.71. The number of piperidine rings is 1.